The van der Waals surface area contributed by atoms with Crippen LogP contribution in [0.3, 0.4) is 0 Å². The molecular weight excluding hydrogens is 457 g/mol. The molecule has 0 unspecified atom stereocenters. The monoisotopic (exact) mass is 487 g/mol. The van der Waals surface area contributed by atoms with Gasteiger partial charge in [-0.1, -0.05) is 54.6 Å². The predicted octanol–water partition coefficient (Wildman–Crippen LogP) is 3.82. The van der Waals surface area contributed by atoms with E-state index in [-0.39, 0.29) is 36.5 Å². The molecule has 2 fully saturated rings. The molecule has 0 spiro atoms. The van der Waals surface area contributed by atoms with E-state index in [1.165, 1.54) is 12.1 Å². The van der Waals surface area contributed by atoms with Crippen molar-refractivity contribution in [2.75, 3.05) is 19.6 Å². The molecule has 0 saturated carbocycles. The molecule has 0 radical (unpaired) electrons. The minimum atomic E-state index is -0.472. The van der Waals surface area contributed by atoms with Gasteiger partial charge in [0.1, 0.15) is 5.82 Å². The zero-order valence-electron chi connectivity index (χ0n) is 20.2. The van der Waals surface area contributed by atoms with Crippen LogP contribution in [0, 0.1) is 5.82 Å². The fourth-order valence-electron chi connectivity index (χ4n) is 5.44. The van der Waals surface area contributed by atoms with Crippen molar-refractivity contribution in [1.29, 1.82) is 0 Å². The number of fused-ring (bicyclic) bond motifs is 1. The Hall–Kier alpha value is -3.74. The van der Waals surface area contributed by atoms with Crippen LogP contribution in [0.1, 0.15) is 36.8 Å². The van der Waals surface area contributed by atoms with Crippen molar-refractivity contribution < 1.29 is 18.8 Å². The Bertz CT molecular complexity index is 1300. The highest BCUT2D eigenvalue weighted by molar-refractivity contribution is 5.87. The number of nitrogens with zero attached hydrogens (tertiary/aromatic N) is 2. The molecule has 2 saturated heterocycles. The number of carbonyl (C=O) groups excluding carboxylic acids is 3. The summed E-state index contributed by atoms with van der Waals surface area (Å²) in [5.74, 6) is -0.528. The van der Waals surface area contributed by atoms with Crippen LogP contribution in [0.2, 0.25) is 0 Å². The van der Waals surface area contributed by atoms with E-state index in [9.17, 15) is 18.8 Å². The summed E-state index contributed by atoms with van der Waals surface area (Å²) in [4.78, 5) is 41.3. The van der Waals surface area contributed by atoms with Crippen LogP contribution < -0.4 is 5.32 Å². The average Bonchev–Trinajstić information content (AvgIpc) is 3.24. The van der Waals surface area contributed by atoms with Crippen molar-refractivity contribution >= 4 is 28.5 Å². The van der Waals surface area contributed by atoms with Crippen LogP contribution in [0.4, 0.5) is 4.39 Å². The fraction of sp³-hybridized carbons (Fsp3) is 0.345. The van der Waals surface area contributed by atoms with Gasteiger partial charge in [-0.2, -0.15) is 0 Å². The van der Waals surface area contributed by atoms with Gasteiger partial charge in [-0.05, 0) is 53.3 Å². The Kier molecular flexibility index (Phi) is 6.72. The van der Waals surface area contributed by atoms with Gasteiger partial charge in [0.15, 0.2) is 0 Å². The summed E-state index contributed by atoms with van der Waals surface area (Å²) in [6.45, 7) is 1.22. The Labute approximate surface area is 210 Å². The molecule has 3 aromatic carbocycles. The highest BCUT2D eigenvalue weighted by Crippen LogP contribution is 2.32. The van der Waals surface area contributed by atoms with Crippen LogP contribution in [-0.2, 0) is 27.3 Å². The molecule has 2 heterocycles. The third kappa shape index (κ3) is 5.25. The molecule has 6 nitrogen and oxygen atoms in total. The molecule has 3 amide bonds. The minimum absolute atomic E-state index is 0.0174. The third-order valence-electron chi connectivity index (χ3n) is 7.40. The van der Waals surface area contributed by atoms with Crippen molar-refractivity contribution in [2.24, 2.45) is 0 Å². The molecule has 7 heteroatoms. The van der Waals surface area contributed by atoms with Gasteiger partial charge in [0, 0.05) is 38.0 Å². The topological polar surface area (TPSA) is 69.7 Å². The molecule has 3 aromatic rings. The van der Waals surface area contributed by atoms with Crippen LogP contribution in [-0.4, -0.2) is 52.7 Å². The predicted molar refractivity (Wildman–Crippen MR) is 135 cm³/mol. The molecule has 0 aliphatic carbocycles. The number of benzene rings is 3. The van der Waals surface area contributed by atoms with Gasteiger partial charge in [0.25, 0.3) is 0 Å². The number of hydrogen-bond donors (Lipinski definition) is 1. The van der Waals surface area contributed by atoms with Crippen molar-refractivity contribution in [3.05, 3.63) is 83.7 Å². The number of carbonyl (C=O) groups is 3. The molecule has 36 heavy (non-hydrogen) atoms. The summed E-state index contributed by atoms with van der Waals surface area (Å²) in [6.07, 6.45) is 2.59. The van der Waals surface area contributed by atoms with Crippen LogP contribution in [0.15, 0.2) is 66.7 Å². The molecule has 1 atom stereocenters. The maximum absolute atomic E-state index is 13.5. The summed E-state index contributed by atoms with van der Waals surface area (Å²) in [6, 6.07) is 20.6. The van der Waals surface area contributed by atoms with Gasteiger partial charge >= 0.3 is 0 Å². The van der Waals surface area contributed by atoms with E-state index in [1.54, 1.807) is 21.9 Å². The van der Waals surface area contributed by atoms with Gasteiger partial charge in [-0.15, -0.1) is 0 Å². The number of hydrogen-bond acceptors (Lipinski definition) is 3. The van der Waals surface area contributed by atoms with Crippen LogP contribution in [0.5, 0.6) is 0 Å². The normalized spacial score (nSPS) is 20.1. The number of halogens is 1. The van der Waals surface area contributed by atoms with Crippen LogP contribution in [0.25, 0.3) is 10.8 Å². The maximum Gasteiger partial charge on any atom is 0.242 e. The van der Waals surface area contributed by atoms with E-state index in [1.807, 2.05) is 18.2 Å². The van der Waals surface area contributed by atoms with Crippen molar-refractivity contribution in [1.82, 2.24) is 15.1 Å². The van der Waals surface area contributed by atoms with Crippen molar-refractivity contribution in [2.45, 2.75) is 44.2 Å². The van der Waals surface area contributed by atoms with Gasteiger partial charge < -0.3 is 15.1 Å². The highest BCUT2D eigenvalue weighted by Gasteiger charge is 2.39. The van der Waals surface area contributed by atoms with E-state index in [0.29, 0.717) is 45.3 Å². The van der Waals surface area contributed by atoms with Gasteiger partial charge in [-0.25, -0.2) is 4.39 Å². The fourth-order valence-corrected chi connectivity index (χ4v) is 5.44. The minimum Gasteiger partial charge on any atom is -0.350 e. The first kappa shape index (κ1) is 24.0. The lowest BCUT2D eigenvalue weighted by atomic mass is 9.83. The SMILES string of the molecule is O=C1CC[C@](CCC(=O)N2CCN(Cc3cccc(F)c3)C(=O)C2)(Cc2cccc3ccccc23)N1. The van der Waals surface area contributed by atoms with E-state index in [0.717, 1.165) is 21.9 Å². The second kappa shape index (κ2) is 10.1. The number of nitrogens with one attached hydrogen (secondary N) is 1. The maximum atomic E-state index is 13.5. The Balaban J connectivity index is 1.22. The van der Waals surface area contributed by atoms with Gasteiger partial charge in [-0.3, -0.25) is 14.4 Å². The largest absolute Gasteiger partial charge is 0.350 e. The molecule has 186 valence electrons. The lowest BCUT2D eigenvalue weighted by Crippen LogP contribution is -2.52. The second-order valence-corrected chi connectivity index (χ2v) is 9.90. The number of rotatable bonds is 7. The first-order valence-corrected chi connectivity index (χ1v) is 12.5. The van der Waals surface area contributed by atoms with Gasteiger partial charge in [0.05, 0.1) is 6.54 Å². The number of amides is 3. The molecule has 0 bridgehead atoms. The van der Waals surface area contributed by atoms with Gasteiger partial charge in [0.2, 0.25) is 17.7 Å². The van der Waals surface area contributed by atoms with Crippen LogP contribution >= 0.6 is 0 Å². The Morgan fingerprint density at radius 1 is 1.00 bits per heavy atom. The molecule has 2 aliphatic heterocycles. The highest BCUT2D eigenvalue weighted by atomic mass is 19.1. The smallest absolute Gasteiger partial charge is 0.242 e. The molecule has 1 N–H and O–H groups in total. The van der Waals surface area contributed by atoms with Crippen molar-refractivity contribution in [3.8, 4) is 0 Å². The zero-order valence-corrected chi connectivity index (χ0v) is 20.2. The first-order valence-electron chi connectivity index (χ1n) is 12.5. The summed E-state index contributed by atoms with van der Waals surface area (Å²) >= 11 is 0. The lowest BCUT2D eigenvalue weighted by Gasteiger charge is -2.35. The molecule has 5 rings (SSSR count). The van der Waals surface area contributed by atoms with E-state index < -0.39 is 5.54 Å². The zero-order chi connectivity index (χ0) is 25.1. The quantitative estimate of drug-likeness (QED) is 0.551. The lowest BCUT2D eigenvalue weighted by molar-refractivity contribution is -0.145. The van der Waals surface area contributed by atoms with Crippen molar-refractivity contribution in [3.63, 3.8) is 0 Å². The summed E-state index contributed by atoms with van der Waals surface area (Å²) in [5, 5.41) is 5.48. The Morgan fingerprint density at radius 3 is 2.58 bits per heavy atom. The first-order chi connectivity index (χ1) is 17.4. The summed E-state index contributed by atoms with van der Waals surface area (Å²) < 4.78 is 13.5. The Morgan fingerprint density at radius 2 is 1.81 bits per heavy atom. The average molecular weight is 488 g/mol. The van der Waals surface area contributed by atoms with E-state index in [4.69, 9.17) is 0 Å². The second-order valence-electron chi connectivity index (χ2n) is 9.90. The summed E-state index contributed by atoms with van der Waals surface area (Å²) in [5.41, 5.74) is 1.42. The third-order valence-corrected chi connectivity index (χ3v) is 7.40. The molecule has 0 aromatic heterocycles. The van der Waals surface area contributed by atoms with E-state index >= 15 is 0 Å². The standard InChI is InChI=1S/C29H30FN3O3/c30-24-9-3-5-21(17-24)19-32-15-16-33(20-28(32)36)27(35)12-14-29(13-11-26(34)31-29)18-23-8-4-7-22-6-1-2-10-25(22)23/h1-10,17H,11-16,18-20H2,(H,31,34)/t29-/m0/s1. The molecule has 2 aliphatic rings. The summed E-state index contributed by atoms with van der Waals surface area (Å²) in [7, 11) is 0. The number of piperazine rings is 1. The van der Waals surface area contributed by atoms with E-state index in [2.05, 4.69) is 29.6 Å². The molecular formula is C29H30FN3O3.